The average Bonchev–Trinajstić information content (AvgIpc) is 3.16. The molecule has 0 spiro atoms. The summed E-state index contributed by atoms with van der Waals surface area (Å²) in [6, 6.07) is 22.1. The minimum absolute atomic E-state index is 0.237. The topological polar surface area (TPSA) is 77.2 Å². The Hall–Kier alpha value is -3.93. The number of rotatable bonds is 5. The highest BCUT2D eigenvalue weighted by molar-refractivity contribution is 6.05. The lowest BCUT2D eigenvalue weighted by atomic mass is 10.1. The highest BCUT2D eigenvalue weighted by atomic mass is 16.5. The van der Waals surface area contributed by atoms with Crippen molar-refractivity contribution in [2.45, 2.75) is 13.8 Å². The molecule has 3 aromatic carbocycles. The van der Waals surface area contributed by atoms with E-state index in [4.69, 9.17) is 9.26 Å². The predicted molar refractivity (Wildman–Crippen MR) is 110 cm³/mol. The summed E-state index contributed by atoms with van der Waals surface area (Å²) in [7, 11) is 0. The zero-order valence-electron chi connectivity index (χ0n) is 16.0. The van der Waals surface area contributed by atoms with Crippen LogP contribution in [0.3, 0.4) is 0 Å². The first-order chi connectivity index (χ1) is 14.1. The van der Waals surface area contributed by atoms with Gasteiger partial charge in [0.05, 0.1) is 5.69 Å². The van der Waals surface area contributed by atoms with Gasteiger partial charge in [0, 0.05) is 11.1 Å². The van der Waals surface area contributed by atoms with Crippen molar-refractivity contribution in [3.63, 3.8) is 0 Å². The van der Waals surface area contributed by atoms with Crippen LogP contribution < -0.4 is 10.1 Å². The predicted octanol–water partition coefficient (Wildman–Crippen LogP) is 5.40. The summed E-state index contributed by atoms with van der Waals surface area (Å²) in [5.74, 6) is 2.03. The monoisotopic (exact) mass is 385 g/mol. The molecule has 4 aromatic rings. The lowest BCUT2D eigenvalue weighted by Crippen LogP contribution is -2.12. The molecule has 0 fully saturated rings. The van der Waals surface area contributed by atoms with Gasteiger partial charge in [-0.1, -0.05) is 29.4 Å². The molecule has 0 saturated heterocycles. The minimum atomic E-state index is -0.237. The van der Waals surface area contributed by atoms with E-state index < -0.39 is 0 Å². The third-order valence-corrected chi connectivity index (χ3v) is 4.27. The van der Waals surface area contributed by atoms with E-state index in [1.54, 1.807) is 37.3 Å². The summed E-state index contributed by atoms with van der Waals surface area (Å²) in [5.41, 5.74) is 2.96. The van der Waals surface area contributed by atoms with Crippen molar-refractivity contribution in [2.75, 3.05) is 5.32 Å². The molecule has 0 aliphatic rings. The van der Waals surface area contributed by atoms with Crippen LogP contribution >= 0.6 is 0 Å². The number of nitrogens with one attached hydrogen (secondary N) is 1. The van der Waals surface area contributed by atoms with Crippen LogP contribution in [0.1, 0.15) is 21.7 Å². The Balaban J connectivity index is 1.51. The molecule has 1 N–H and O–H groups in total. The number of hydrogen-bond donors (Lipinski definition) is 1. The van der Waals surface area contributed by atoms with Crippen molar-refractivity contribution < 1.29 is 14.1 Å². The molecule has 0 atom stereocenters. The fourth-order valence-corrected chi connectivity index (χ4v) is 2.84. The van der Waals surface area contributed by atoms with Crippen molar-refractivity contribution in [3.8, 4) is 23.0 Å². The minimum Gasteiger partial charge on any atom is -0.455 e. The molecule has 1 amide bonds. The lowest BCUT2D eigenvalue weighted by molar-refractivity contribution is 0.102. The second kappa shape index (κ2) is 7.98. The SMILES string of the molecule is Cc1cccc(Oc2ccccc2NC(=O)c2ccc(-c3nc(C)no3)cc2)c1. The highest BCUT2D eigenvalue weighted by Gasteiger charge is 2.12. The number of anilines is 1. The zero-order chi connectivity index (χ0) is 20.2. The van der Waals surface area contributed by atoms with Gasteiger partial charge in [-0.25, -0.2) is 0 Å². The maximum atomic E-state index is 12.7. The van der Waals surface area contributed by atoms with Crippen LogP contribution in [0.15, 0.2) is 77.3 Å². The number of ether oxygens (including phenoxy) is 1. The molecule has 0 unspecified atom stereocenters. The molecule has 6 heteroatoms. The fraction of sp³-hybridized carbons (Fsp3) is 0.0870. The highest BCUT2D eigenvalue weighted by Crippen LogP contribution is 2.30. The first kappa shape index (κ1) is 18.4. The molecular weight excluding hydrogens is 366 g/mol. The largest absolute Gasteiger partial charge is 0.455 e. The summed E-state index contributed by atoms with van der Waals surface area (Å²) >= 11 is 0. The van der Waals surface area contributed by atoms with Gasteiger partial charge in [-0.15, -0.1) is 0 Å². The van der Waals surface area contributed by atoms with Gasteiger partial charge in [0.2, 0.25) is 0 Å². The smallest absolute Gasteiger partial charge is 0.257 e. The van der Waals surface area contributed by atoms with Gasteiger partial charge < -0.3 is 14.6 Å². The summed E-state index contributed by atoms with van der Waals surface area (Å²) in [6.07, 6.45) is 0. The van der Waals surface area contributed by atoms with Crippen molar-refractivity contribution in [3.05, 3.63) is 89.7 Å². The summed E-state index contributed by atoms with van der Waals surface area (Å²) in [6.45, 7) is 3.75. The second-order valence-electron chi connectivity index (χ2n) is 6.59. The van der Waals surface area contributed by atoms with Crippen LogP contribution in [0.5, 0.6) is 11.5 Å². The summed E-state index contributed by atoms with van der Waals surface area (Å²) < 4.78 is 11.1. The number of hydrogen-bond acceptors (Lipinski definition) is 5. The maximum Gasteiger partial charge on any atom is 0.257 e. The van der Waals surface area contributed by atoms with Crippen molar-refractivity contribution in [1.29, 1.82) is 0 Å². The third kappa shape index (κ3) is 4.32. The number of benzene rings is 3. The van der Waals surface area contributed by atoms with Gasteiger partial charge in [-0.3, -0.25) is 4.79 Å². The van der Waals surface area contributed by atoms with E-state index in [-0.39, 0.29) is 5.91 Å². The first-order valence-electron chi connectivity index (χ1n) is 9.14. The number of carbonyl (C=O) groups is 1. The molecule has 6 nitrogen and oxygen atoms in total. The molecule has 0 aliphatic carbocycles. The Morgan fingerprint density at radius 3 is 2.48 bits per heavy atom. The third-order valence-electron chi connectivity index (χ3n) is 4.27. The van der Waals surface area contributed by atoms with E-state index in [1.807, 2.05) is 49.4 Å². The van der Waals surface area contributed by atoms with Crippen LogP contribution in [0, 0.1) is 13.8 Å². The van der Waals surface area contributed by atoms with E-state index in [9.17, 15) is 4.79 Å². The van der Waals surface area contributed by atoms with Gasteiger partial charge in [0.1, 0.15) is 5.75 Å². The molecule has 1 aromatic heterocycles. The molecule has 0 radical (unpaired) electrons. The van der Waals surface area contributed by atoms with Gasteiger partial charge in [0.25, 0.3) is 11.8 Å². The Kier molecular flexibility index (Phi) is 5.07. The Morgan fingerprint density at radius 1 is 0.966 bits per heavy atom. The quantitative estimate of drug-likeness (QED) is 0.498. The summed E-state index contributed by atoms with van der Waals surface area (Å²) in [5, 5.41) is 6.69. The molecule has 0 aliphatic heterocycles. The van der Waals surface area contributed by atoms with Crippen LogP contribution in [0.4, 0.5) is 5.69 Å². The average molecular weight is 385 g/mol. The van der Waals surface area contributed by atoms with Crippen LogP contribution in [0.2, 0.25) is 0 Å². The Labute approximate surface area is 168 Å². The second-order valence-corrected chi connectivity index (χ2v) is 6.59. The first-order valence-corrected chi connectivity index (χ1v) is 9.14. The number of carbonyl (C=O) groups excluding carboxylic acids is 1. The van der Waals surface area contributed by atoms with E-state index in [1.165, 1.54) is 0 Å². The van der Waals surface area contributed by atoms with Gasteiger partial charge in [0.15, 0.2) is 11.6 Å². The van der Waals surface area contributed by atoms with E-state index in [0.29, 0.717) is 34.5 Å². The standard InChI is InChI=1S/C23H19N3O3/c1-15-6-5-7-19(14-15)28-21-9-4-3-8-20(21)25-22(27)17-10-12-18(13-11-17)23-24-16(2)26-29-23/h3-14H,1-2H3,(H,25,27). The van der Waals surface area contributed by atoms with E-state index >= 15 is 0 Å². The number of aromatic nitrogens is 2. The van der Waals surface area contributed by atoms with Crippen molar-refractivity contribution >= 4 is 11.6 Å². The van der Waals surface area contributed by atoms with Crippen LogP contribution in [-0.2, 0) is 0 Å². The van der Waals surface area contributed by atoms with Crippen LogP contribution in [-0.4, -0.2) is 16.0 Å². The fourth-order valence-electron chi connectivity index (χ4n) is 2.84. The van der Waals surface area contributed by atoms with E-state index in [0.717, 1.165) is 11.1 Å². The molecule has 0 bridgehead atoms. The molecule has 29 heavy (non-hydrogen) atoms. The lowest BCUT2D eigenvalue weighted by Gasteiger charge is -2.12. The van der Waals surface area contributed by atoms with Crippen molar-refractivity contribution in [2.24, 2.45) is 0 Å². The van der Waals surface area contributed by atoms with Gasteiger partial charge in [-0.05, 0) is 67.9 Å². The summed E-state index contributed by atoms with van der Waals surface area (Å²) in [4.78, 5) is 16.9. The maximum absolute atomic E-state index is 12.7. The number of aryl methyl sites for hydroxylation is 2. The van der Waals surface area contributed by atoms with E-state index in [2.05, 4.69) is 15.5 Å². The Morgan fingerprint density at radius 2 is 1.76 bits per heavy atom. The number of nitrogens with zero attached hydrogens (tertiary/aromatic N) is 2. The Bertz CT molecular complexity index is 1150. The molecule has 144 valence electrons. The van der Waals surface area contributed by atoms with Crippen molar-refractivity contribution in [1.82, 2.24) is 10.1 Å². The molecule has 1 heterocycles. The normalized spacial score (nSPS) is 10.6. The molecule has 4 rings (SSSR count). The van der Waals surface area contributed by atoms with Crippen LogP contribution in [0.25, 0.3) is 11.5 Å². The molecular formula is C23H19N3O3. The number of para-hydroxylation sites is 2. The zero-order valence-corrected chi connectivity index (χ0v) is 16.0. The molecule has 0 saturated carbocycles. The van der Waals surface area contributed by atoms with Gasteiger partial charge in [-0.2, -0.15) is 4.98 Å². The number of amides is 1. The van der Waals surface area contributed by atoms with Gasteiger partial charge >= 0.3 is 0 Å².